The Morgan fingerprint density at radius 3 is 2.00 bits per heavy atom. The van der Waals surface area contributed by atoms with Gasteiger partial charge in [-0.25, -0.2) is 4.79 Å². The normalized spacial score (nSPS) is 12.0. The van der Waals surface area contributed by atoms with Crippen LogP contribution in [0.4, 0.5) is 0 Å². The number of nitrogens with one attached hydrogen (secondary N) is 1. The van der Waals surface area contributed by atoms with Crippen molar-refractivity contribution in [2.75, 3.05) is 13.1 Å². The van der Waals surface area contributed by atoms with Gasteiger partial charge in [0.25, 0.3) is 0 Å². The molecule has 0 saturated carbocycles. The van der Waals surface area contributed by atoms with E-state index in [1.807, 2.05) is 0 Å². The lowest BCUT2D eigenvalue weighted by Crippen LogP contribution is -2.43. The molecule has 0 radical (unpaired) electrons. The maximum absolute atomic E-state index is 10.8. The van der Waals surface area contributed by atoms with Crippen LogP contribution < -0.4 is 16.8 Å². The molecule has 114 valence electrons. The molecule has 1 atom stereocenters. The van der Waals surface area contributed by atoms with Crippen LogP contribution in [-0.2, 0) is 20.0 Å². The van der Waals surface area contributed by atoms with Gasteiger partial charge in [0.05, 0.1) is 6.54 Å². The van der Waals surface area contributed by atoms with Gasteiger partial charge in [0.15, 0.2) is 0 Å². The number of amides is 1. The summed E-state index contributed by atoms with van der Waals surface area (Å²) in [6.45, 7) is 0.331. The molecule has 0 aliphatic carbocycles. The Bertz CT molecular complexity index is 363. The lowest BCUT2D eigenvalue weighted by atomic mass is 10.1. The highest BCUT2D eigenvalue weighted by Crippen LogP contribution is 2.00. The van der Waals surface area contributed by atoms with E-state index in [4.69, 9.17) is 34.1 Å². The van der Waals surface area contributed by atoms with Crippen LogP contribution in [0.5, 0.6) is 0 Å². The zero-order valence-electron chi connectivity index (χ0n) is 10.1. The van der Waals surface area contributed by atoms with E-state index < -0.39 is 28.3 Å². The van der Waals surface area contributed by atoms with E-state index in [0.717, 1.165) is 6.42 Å². The van der Waals surface area contributed by atoms with E-state index in [-0.39, 0.29) is 6.54 Å². The molecule has 0 fully saturated rings. The molecule has 19 heavy (non-hydrogen) atoms. The van der Waals surface area contributed by atoms with Crippen LogP contribution in [0.3, 0.4) is 0 Å². The maximum Gasteiger partial charge on any atom is 0.326 e. The number of unbranched alkanes of at least 4 members (excludes halogenated alkanes) is 1. The number of carboxylic acids is 1. The van der Waals surface area contributed by atoms with Crippen LogP contribution in [0.1, 0.15) is 19.3 Å². The van der Waals surface area contributed by atoms with Crippen molar-refractivity contribution in [3.05, 3.63) is 0 Å². The number of carboxylic acid groups (broad SMARTS) is 1. The van der Waals surface area contributed by atoms with E-state index in [1.54, 1.807) is 0 Å². The lowest BCUT2D eigenvalue weighted by molar-refractivity contribution is -0.141. The van der Waals surface area contributed by atoms with Gasteiger partial charge >= 0.3 is 5.97 Å². The quantitative estimate of drug-likeness (QED) is 0.219. The Morgan fingerprint density at radius 2 is 1.68 bits per heavy atom. The molecule has 0 aliphatic rings. The van der Waals surface area contributed by atoms with Crippen molar-refractivity contribution in [3.8, 4) is 0 Å². The van der Waals surface area contributed by atoms with Gasteiger partial charge in [-0.15, -0.1) is 0 Å². The van der Waals surface area contributed by atoms with Gasteiger partial charge in [0.2, 0.25) is 5.91 Å². The Labute approximate surface area is 110 Å². The van der Waals surface area contributed by atoms with Gasteiger partial charge in [0, 0.05) is 10.4 Å². The third-order valence-corrected chi connectivity index (χ3v) is 1.77. The summed E-state index contributed by atoms with van der Waals surface area (Å²) in [5.74, 6) is -1.49. The number of rotatable bonds is 7. The molecule has 0 bridgehead atoms. The van der Waals surface area contributed by atoms with Gasteiger partial charge in [-0.3, -0.25) is 13.2 Å². The van der Waals surface area contributed by atoms with Crippen molar-refractivity contribution in [3.63, 3.8) is 0 Å². The van der Waals surface area contributed by atoms with E-state index >= 15 is 0 Å². The standard InChI is InChI=1S/C8H17N3O3.H2O4S/c9-4-2-1-3-6(8(13)14)11-7(12)5-10;1-5(2,3)4/h6H,1-5,9-10H2,(H,11,12)(H,13,14);(H2,1,2,3,4)/p-2/t6-;/m0./s1. The molecule has 0 unspecified atom stereocenters. The molecule has 0 rings (SSSR count). The minimum absolute atomic E-state index is 0.194. The number of hydrogen-bond acceptors (Lipinski definition) is 8. The molecule has 0 aromatic rings. The molecular weight excluding hydrogens is 282 g/mol. The number of hydrogen-bond donors (Lipinski definition) is 4. The van der Waals surface area contributed by atoms with Gasteiger partial charge in [-0.05, 0) is 25.8 Å². The molecule has 0 saturated heterocycles. The molecule has 0 aromatic carbocycles. The smallest absolute Gasteiger partial charge is 0.326 e. The van der Waals surface area contributed by atoms with Gasteiger partial charge in [-0.2, -0.15) is 0 Å². The van der Waals surface area contributed by atoms with E-state index in [1.165, 1.54) is 0 Å². The Hall–Kier alpha value is -1.27. The number of nitrogens with two attached hydrogens (primary N) is 2. The molecule has 0 aromatic heterocycles. The van der Waals surface area contributed by atoms with Crippen LogP contribution in [0.25, 0.3) is 0 Å². The minimum Gasteiger partial charge on any atom is -0.759 e. The minimum atomic E-state index is -5.17. The highest BCUT2D eigenvalue weighted by molar-refractivity contribution is 7.79. The predicted octanol–water partition coefficient (Wildman–Crippen LogP) is -2.69. The average molecular weight is 299 g/mol. The summed E-state index contributed by atoms with van der Waals surface area (Å²) in [6.07, 6.45) is 1.82. The lowest BCUT2D eigenvalue weighted by Gasteiger charge is -2.13. The van der Waals surface area contributed by atoms with E-state index in [9.17, 15) is 9.59 Å². The summed E-state index contributed by atoms with van der Waals surface area (Å²) in [4.78, 5) is 21.5. The first kappa shape index (κ1) is 20.1. The Morgan fingerprint density at radius 1 is 1.21 bits per heavy atom. The first-order valence-electron chi connectivity index (χ1n) is 5.20. The summed E-state index contributed by atoms with van der Waals surface area (Å²) in [6, 6.07) is -0.849. The molecule has 10 nitrogen and oxygen atoms in total. The average Bonchev–Trinajstić information content (AvgIpc) is 2.25. The van der Waals surface area contributed by atoms with Crippen molar-refractivity contribution >= 4 is 22.3 Å². The summed E-state index contributed by atoms with van der Waals surface area (Å²) in [5, 5.41) is 11.1. The maximum atomic E-state index is 10.8. The van der Waals surface area contributed by atoms with E-state index in [0.29, 0.717) is 19.4 Å². The Balaban J connectivity index is 0. The zero-order chi connectivity index (χ0) is 15.5. The molecule has 0 spiro atoms. The molecule has 6 N–H and O–H groups in total. The van der Waals surface area contributed by atoms with Crippen molar-refractivity contribution in [1.29, 1.82) is 0 Å². The summed E-state index contributed by atoms with van der Waals surface area (Å²) < 4.78 is 34.1. The molecule has 0 aliphatic heterocycles. The Kier molecular flexibility index (Phi) is 11.2. The molecule has 11 heteroatoms. The number of carbonyl (C=O) groups excluding carboxylic acids is 1. The van der Waals surface area contributed by atoms with Crippen LogP contribution in [0, 0.1) is 0 Å². The fourth-order valence-corrected chi connectivity index (χ4v) is 1.00. The fraction of sp³-hybridized carbons (Fsp3) is 0.750. The first-order valence-corrected chi connectivity index (χ1v) is 6.54. The highest BCUT2D eigenvalue weighted by atomic mass is 32.3. The summed E-state index contributed by atoms with van der Waals surface area (Å²) in [7, 11) is -5.17. The number of carbonyl (C=O) groups is 2. The zero-order valence-corrected chi connectivity index (χ0v) is 10.9. The third kappa shape index (κ3) is 19.3. The highest BCUT2D eigenvalue weighted by Gasteiger charge is 2.18. The molecule has 1 amide bonds. The SMILES string of the molecule is NCCCC[C@H](NC(=O)CN)C(=O)O.O=S(=O)([O-])[O-]. The summed E-state index contributed by atoms with van der Waals surface area (Å²) in [5.41, 5.74) is 10.3. The topological polar surface area (TPSA) is 199 Å². The van der Waals surface area contributed by atoms with Gasteiger partial charge in [0.1, 0.15) is 6.04 Å². The van der Waals surface area contributed by atoms with Crippen molar-refractivity contribution in [2.24, 2.45) is 11.5 Å². The van der Waals surface area contributed by atoms with Crippen LogP contribution in [0.15, 0.2) is 0 Å². The van der Waals surface area contributed by atoms with Crippen molar-refractivity contribution in [2.45, 2.75) is 25.3 Å². The van der Waals surface area contributed by atoms with Crippen LogP contribution in [-0.4, -0.2) is 53.6 Å². The monoisotopic (exact) mass is 299 g/mol. The van der Waals surface area contributed by atoms with Crippen molar-refractivity contribution in [1.82, 2.24) is 5.32 Å². The summed E-state index contributed by atoms with van der Waals surface area (Å²) >= 11 is 0. The number of aliphatic carboxylic acids is 1. The van der Waals surface area contributed by atoms with Crippen LogP contribution in [0.2, 0.25) is 0 Å². The first-order chi connectivity index (χ1) is 8.61. The fourth-order valence-electron chi connectivity index (χ4n) is 1.00. The second kappa shape index (κ2) is 10.6. The van der Waals surface area contributed by atoms with E-state index in [2.05, 4.69) is 5.32 Å². The van der Waals surface area contributed by atoms with Gasteiger partial charge < -0.3 is 31.0 Å². The second-order valence-corrected chi connectivity index (χ2v) is 4.17. The molecule has 0 heterocycles. The van der Waals surface area contributed by atoms with Crippen LogP contribution >= 0.6 is 0 Å². The predicted molar refractivity (Wildman–Crippen MR) is 62.0 cm³/mol. The molecular formula is C8H17N3O7S-2. The third-order valence-electron chi connectivity index (χ3n) is 1.77. The van der Waals surface area contributed by atoms with Gasteiger partial charge in [-0.1, -0.05) is 0 Å². The second-order valence-electron chi connectivity index (χ2n) is 3.36. The largest absolute Gasteiger partial charge is 0.759 e. The van der Waals surface area contributed by atoms with Crippen molar-refractivity contribution < 1.29 is 32.2 Å².